The fourth-order valence-electron chi connectivity index (χ4n) is 1.05. The Balaban J connectivity index is 3.34. The lowest BCUT2D eigenvalue weighted by molar-refractivity contribution is 0.315. The van der Waals surface area contributed by atoms with Crippen molar-refractivity contribution in [2.24, 2.45) is 5.16 Å². The van der Waals surface area contributed by atoms with Gasteiger partial charge in [0.05, 0.1) is 18.4 Å². The number of aromatic hydroxyl groups is 1. The summed E-state index contributed by atoms with van der Waals surface area (Å²) in [6, 6.07) is 1.64. The molecule has 0 aliphatic rings. The average Bonchev–Trinajstić information content (AvgIpc) is 2.21. The van der Waals surface area contributed by atoms with Gasteiger partial charge in [0, 0.05) is 8.95 Å². The first-order valence-corrected chi connectivity index (χ1v) is 5.71. The Morgan fingerprint density at radius 2 is 2.20 bits per heavy atom. The van der Waals surface area contributed by atoms with Crippen molar-refractivity contribution in [2.45, 2.75) is 6.92 Å². The van der Waals surface area contributed by atoms with Gasteiger partial charge in [0.2, 0.25) is 0 Å². The third kappa shape index (κ3) is 2.63. The van der Waals surface area contributed by atoms with Crippen molar-refractivity contribution < 1.29 is 15.1 Å². The van der Waals surface area contributed by atoms with Crippen molar-refractivity contribution in [2.75, 3.05) is 6.61 Å². The van der Waals surface area contributed by atoms with E-state index in [0.29, 0.717) is 26.9 Å². The summed E-state index contributed by atoms with van der Waals surface area (Å²) in [5, 5.41) is 21.1. The van der Waals surface area contributed by atoms with Crippen LogP contribution in [0.15, 0.2) is 20.2 Å². The molecule has 82 valence electrons. The van der Waals surface area contributed by atoms with E-state index in [1.54, 1.807) is 6.07 Å². The van der Waals surface area contributed by atoms with Gasteiger partial charge in [-0.2, -0.15) is 0 Å². The maximum absolute atomic E-state index is 9.78. The molecule has 0 fully saturated rings. The van der Waals surface area contributed by atoms with Crippen LogP contribution in [0.1, 0.15) is 12.5 Å². The minimum Gasteiger partial charge on any atom is -0.504 e. The molecule has 15 heavy (non-hydrogen) atoms. The molecule has 0 saturated heterocycles. The molecule has 0 saturated carbocycles. The second-order valence-electron chi connectivity index (χ2n) is 2.61. The highest BCUT2D eigenvalue weighted by molar-refractivity contribution is 9.13. The van der Waals surface area contributed by atoms with Gasteiger partial charge in [-0.05, 0) is 44.8 Å². The van der Waals surface area contributed by atoms with Crippen molar-refractivity contribution in [3.05, 3.63) is 20.6 Å². The van der Waals surface area contributed by atoms with Crippen molar-refractivity contribution >= 4 is 38.1 Å². The zero-order valence-corrected chi connectivity index (χ0v) is 11.0. The number of nitrogens with zero attached hydrogens (tertiary/aromatic N) is 1. The predicted octanol–water partition coefficient (Wildman–Crippen LogP) is 3.12. The van der Waals surface area contributed by atoms with Crippen LogP contribution in [0.2, 0.25) is 0 Å². The van der Waals surface area contributed by atoms with Gasteiger partial charge in [-0.1, -0.05) is 5.16 Å². The maximum atomic E-state index is 9.78. The summed E-state index contributed by atoms with van der Waals surface area (Å²) >= 11 is 6.54. The number of rotatable bonds is 3. The molecule has 0 aliphatic carbocycles. The molecule has 0 amide bonds. The van der Waals surface area contributed by atoms with Crippen molar-refractivity contribution in [1.82, 2.24) is 0 Å². The molecule has 0 bridgehead atoms. The molecular formula is C9H9Br2NO3. The van der Waals surface area contributed by atoms with E-state index in [1.165, 1.54) is 0 Å². The van der Waals surface area contributed by atoms with E-state index in [4.69, 9.17) is 9.94 Å². The van der Waals surface area contributed by atoms with Gasteiger partial charge in [0.25, 0.3) is 0 Å². The lowest BCUT2D eigenvalue weighted by Crippen LogP contribution is -1.95. The van der Waals surface area contributed by atoms with Crippen molar-refractivity contribution in [3.63, 3.8) is 0 Å². The Morgan fingerprint density at radius 3 is 2.73 bits per heavy atom. The number of ether oxygens (including phenoxy) is 1. The van der Waals surface area contributed by atoms with Gasteiger partial charge in [0.15, 0.2) is 11.5 Å². The van der Waals surface area contributed by atoms with Crippen LogP contribution in [0.5, 0.6) is 11.5 Å². The van der Waals surface area contributed by atoms with E-state index < -0.39 is 0 Å². The third-order valence-corrected chi connectivity index (χ3v) is 3.69. The van der Waals surface area contributed by atoms with Gasteiger partial charge in [-0.3, -0.25) is 0 Å². The normalized spacial score (nSPS) is 10.9. The number of phenolic OH excluding ortho intramolecular Hbond substituents is 1. The zero-order chi connectivity index (χ0) is 11.4. The Bertz CT molecular complexity index is 393. The van der Waals surface area contributed by atoms with Crippen LogP contribution in [0, 0.1) is 0 Å². The Hall–Kier alpha value is -0.750. The van der Waals surface area contributed by atoms with Gasteiger partial charge in [-0.15, -0.1) is 0 Å². The third-order valence-electron chi connectivity index (χ3n) is 1.68. The molecule has 1 rings (SSSR count). The molecule has 2 N–H and O–H groups in total. The molecule has 1 aromatic carbocycles. The summed E-state index contributed by atoms with van der Waals surface area (Å²) in [5.74, 6) is 0.271. The molecule has 4 nitrogen and oxygen atoms in total. The van der Waals surface area contributed by atoms with Crippen LogP contribution in [0.4, 0.5) is 0 Å². The summed E-state index contributed by atoms with van der Waals surface area (Å²) in [7, 11) is 0. The lowest BCUT2D eigenvalue weighted by atomic mass is 10.2. The summed E-state index contributed by atoms with van der Waals surface area (Å²) < 4.78 is 6.52. The second-order valence-corrected chi connectivity index (χ2v) is 4.26. The van der Waals surface area contributed by atoms with Crippen LogP contribution in [0.3, 0.4) is 0 Å². The topological polar surface area (TPSA) is 62.0 Å². The Morgan fingerprint density at radius 1 is 1.53 bits per heavy atom. The predicted molar refractivity (Wildman–Crippen MR) is 64.1 cm³/mol. The van der Waals surface area contributed by atoms with E-state index in [0.717, 1.165) is 6.21 Å². The van der Waals surface area contributed by atoms with Crippen LogP contribution < -0.4 is 4.74 Å². The number of hydrogen-bond acceptors (Lipinski definition) is 4. The maximum Gasteiger partial charge on any atom is 0.168 e. The number of oxime groups is 1. The molecule has 0 unspecified atom stereocenters. The Kier molecular flexibility index (Phi) is 4.41. The Labute approximate surface area is 104 Å². The van der Waals surface area contributed by atoms with E-state index in [2.05, 4.69) is 37.0 Å². The molecule has 6 heteroatoms. The van der Waals surface area contributed by atoms with Gasteiger partial charge in [0.1, 0.15) is 0 Å². The minimum absolute atomic E-state index is 0.0651. The number of phenols is 1. The summed E-state index contributed by atoms with van der Waals surface area (Å²) in [4.78, 5) is 0. The van der Waals surface area contributed by atoms with Crippen LogP contribution >= 0.6 is 31.9 Å². The van der Waals surface area contributed by atoms with Gasteiger partial charge in [-0.25, -0.2) is 0 Å². The molecule has 1 aromatic rings. The van der Waals surface area contributed by atoms with Crippen LogP contribution in [0.25, 0.3) is 0 Å². The fourth-order valence-corrected chi connectivity index (χ4v) is 1.88. The van der Waals surface area contributed by atoms with E-state index in [1.807, 2.05) is 6.92 Å². The SMILES string of the molecule is CCOc1cc(Br)c(Br)c(C=NO)c1O. The number of hydrogen-bond donors (Lipinski definition) is 2. The standard InChI is InChI=1S/C9H9Br2NO3/c1-2-15-7-3-6(10)8(11)5(4-12-14)9(7)13/h3-4,13-14H,2H2,1H3. The largest absolute Gasteiger partial charge is 0.504 e. The van der Waals surface area contributed by atoms with Crippen molar-refractivity contribution in [3.8, 4) is 11.5 Å². The molecule has 0 spiro atoms. The highest BCUT2D eigenvalue weighted by Crippen LogP contribution is 2.39. The minimum atomic E-state index is -0.0651. The molecule has 0 aromatic heterocycles. The molecule has 0 radical (unpaired) electrons. The first-order chi connectivity index (χ1) is 7.11. The smallest absolute Gasteiger partial charge is 0.168 e. The second kappa shape index (κ2) is 5.37. The fraction of sp³-hybridized carbons (Fsp3) is 0.222. The summed E-state index contributed by atoms with van der Waals surface area (Å²) in [6.45, 7) is 2.26. The molecule has 0 aliphatic heterocycles. The molecule has 0 heterocycles. The summed E-state index contributed by atoms with van der Waals surface area (Å²) in [6.07, 6.45) is 1.13. The van der Waals surface area contributed by atoms with Crippen molar-refractivity contribution in [1.29, 1.82) is 0 Å². The molecule has 0 atom stereocenters. The monoisotopic (exact) mass is 337 g/mol. The first-order valence-electron chi connectivity index (χ1n) is 4.13. The van der Waals surface area contributed by atoms with E-state index in [-0.39, 0.29) is 5.75 Å². The number of halogens is 2. The number of benzene rings is 1. The average molecular weight is 339 g/mol. The van der Waals surface area contributed by atoms with Crippen LogP contribution in [-0.2, 0) is 0 Å². The van der Waals surface area contributed by atoms with Crippen LogP contribution in [-0.4, -0.2) is 23.1 Å². The zero-order valence-electron chi connectivity index (χ0n) is 7.87. The van der Waals surface area contributed by atoms with Gasteiger partial charge >= 0.3 is 0 Å². The highest BCUT2D eigenvalue weighted by Gasteiger charge is 2.14. The summed E-state index contributed by atoms with van der Waals surface area (Å²) in [5.41, 5.74) is 0.357. The van der Waals surface area contributed by atoms with E-state index in [9.17, 15) is 5.11 Å². The van der Waals surface area contributed by atoms with Gasteiger partial charge < -0.3 is 15.1 Å². The lowest BCUT2D eigenvalue weighted by Gasteiger charge is -2.10. The quantitative estimate of drug-likeness (QED) is 0.505. The highest BCUT2D eigenvalue weighted by atomic mass is 79.9. The van der Waals surface area contributed by atoms with E-state index >= 15 is 0 Å². The molecular weight excluding hydrogens is 330 g/mol. The first kappa shape index (κ1) is 12.3.